The van der Waals surface area contributed by atoms with Crippen LogP contribution in [-0.2, 0) is 0 Å². The molecule has 0 bridgehead atoms. The average Bonchev–Trinajstić information content (AvgIpc) is 3.61. The molecule has 0 unspecified atom stereocenters. The van der Waals surface area contributed by atoms with Gasteiger partial charge in [0.2, 0.25) is 0 Å². The van der Waals surface area contributed by atoms with Gasteiger partial charge in [-0.05, 0) is 72.3 Å². The lowest BCUT2D eigenvalue weighted by molar-refractivity contribution is 0.670. The van der Waals surface area contributed by atoms with E-state index in [4.69, 9.17) is 14.4 Å². The third kappa shape index (κ3) is 5.22. The van der Waals surface area contributed by atoms with Crippen LogP contribution in [0.5, 0.6) is 0 Å². The van der Waals surface area contributed by atoms with E-state index in [9.17, 15) is 0 Å². The molecule has 0 radical (unpaired) electrons. The summed E-state index contributed by atoms with van der Waals surface area (Å²) >= 11 is 0. The second-order valence-corrected chi connectivity index (χ2v) is 12.7. The minimum Gasteiger partial charge on any atom is -0.455 e. The van der Waals surface area contributed by atoms with E-state index in [1.54, 1.807) is 0 Å². The van der Waals surface area contributed by atoms with Crippen molar-refractivity contribution < 1.29 is 4.42 Å². The summed E-state index contributed by atoms with van der Waals surface area (Å²) in [5.74, 6) is 0. The van der Waals surface area contributed by atoms with Crippen molar-refractivity contribution in [3.05, 3.63) is 176 Å². The van der Waals surface area contributed by atoms with Crippen molar-refractivity contribution >= 4 is 61.1 Å². The molecule has 0 fully saturated rings. The van der Waals surface area contributed by atoms with E-state index >= 15 is 0 Å². The maximum atomic E-state index is 6.37. The van der Waals surface area contributed by atoms with Crippen molar-refractivity contribution in [1.82, 2.24) is 19.9 Å². The van der Waals surface area contributed by atoms with Gasteiger partial charge in [0.05, 0.1) is 45.8 Å². The quantitative estimate of drug-likeness (QED) is 0.176. The Morgan fingerprint density at radius 3 is 1.40 bits per heavy atom. The van der Waals surface area contributed by atoms with Crippen LogP contribution in [0.3, 0.4) is 0 Å². The van der Waals surface area contributed by atoms with Crippen molar-refractivity contribution in [2.24, 2.45) is 0 Å². The number of nitrogens with zero attached hydrogens (tertiary/aromatic N) is 5. The molecule has 0 N–H and O–H groups in total. The van der Waals surface area contributed by atoms with Gasteiger partial charge in [-0.15, -0.1) is 0 Å². The van der Waals surface area contributed by atoms with Crippen LogP contribution in [0.15, 0.2) is 181 Å². The molecule has 10 aromatic rings. The number of hydrogen-bond donors (Lipinski definition) is 0. The number of anilines is 3. The first-order valence-electron chi connectivity index (χ1n) is 17.2. The Labute approximate surface area is 299 Å². The summed E-state index contributed by atoms with van der Waals surface area (Å²) in [7, 11) is 0. The first kappa shape index (κ1) is 29.7. The third-order valence-electron chi connectivity index (χ3n) is 9.58. The molecule has 6 heteroatoms. The van der Waals surface area contributed by atoms with Crippen LogP contribution in [0, 0.1) is 0 Å². The van der Waals surface area contributed by atoms with Gasteiger partial charge in [0.25, 0.3) is 0 Å². The SMILES string of the molecule is c1ccc2nc(-c3ccc(N(c4ccc(-c5cnc6ccccc6n5)cc4)c4ccc(-c5cccc6c5oc5ccccc56)cc4)cc3)cnc2c1. The minimum absolute atomic E-state index is 0.835. The molecule has 0 atom stereocenters. The summed E-state index contributed by atoms with van der Waals surface area (Å²) in [6, 6.07) is 56.1. The lowest BCUT2D eigenvalue weighted by Crippen LogP contribution is -2.09. The van der Waals surface area contributed by atoms with Gasteiger partial charge in [-0.1, -0.05) is 97.1 Å². The van der Waals surface area contributed by atoms with Crippen LogP contribution < -0.4 is 4.90 Å². The van der Waals surface area contributed by atoms with Gasteiger partial charge in [-0.3, -0.25) is 9.97 Å². The normalized spacial score (nSPS) is 11.5. The molecule has 7 aromatic carbocycles. The van der Waals surface area contributed by atoms with E-state index < -0.39 is 0 Å². The van der Waals surface area contributed by atoms with Gasteiger partial charge in [-0.2, -0.15) is 0 Å². The standard InChI is InChI=1S/C46H29N5O/c1-6-15-45-37(8-1)38-10-7-9-36(46(38)52-45)30-16-22-33(23-17-30)51(34-24-18-31(19-25-34)43-28-47-39-11-2-4-13-41(39)49-43)35-26-20-32(21-27-35)44-29-48-40-12-3-5-14-42(40)50-44/h1-29H. The lowest BCUT2D eigenvalue weighted by atomic mass is 10.0. The lowest BCUT2D eigenvalue weighted by Gasteiger charge is -2.26. The molecule has 0 spiro atoms. The molecule has 0 saturated carbocycles. The zero-order valence-corrected chi connectivity index (χ0v) is 27.9. The van der Waals surface area contributed by atoms with Crippen molar-refractivity contribution in [2.75, 3.05) is 4.90 Å². The summed E-state index contributed by atoms with van der Waals surface area (Å²) in [6.07, 6.45) is 3.68. The number of rotatable bonds is 6. The topological polar surface area (TPSA) is 67.9 Å². The Morgan fingerprint density at radius 2 is 0.846 bits per heavy atom. The second-order valence-electron chi connectivity index (χ2n) is 12.7. The second kappa shape index (κ2) is 12.3. The minimum atomic E-state index is 0.835. The third-order valence-corrected chi connectivity index (χ3v) is 9.58. The smallest absolute Gasteiger partial charge is 0.143 e. The Bertz CT molecular complexity index is 2780. The number of benzene rings is 7. The van der Waals surface area contributed by atoms with Gasteiger partial charge in [-0.25, -0.2) is 9.97 Å². The molecule has 52 heavy (non-hydrogen) atoms. The first-order chi connectivity index (χ1) is 25.7. The maximum absolute atomic E-state index is 6.37. The highest BCUT2D eigenvalue weighted by Gasteiger charge is 2.16. The Balaban J connectivity index is 1.04. The van der Waals surface area contributed by atoms with Gasteiger partial charge in [0.1, 0.15) is 11.2 Å². The predicted molar refractivity (Wildman–Crippen MR) is 211 cm³/mol. The van der Waals surface area contributed by atoms with Gasteiger partial charge in [0.15, 0.2) is 0 Å². The average molecular weight is 668 g/mol. The highest BCUT2D eigenvalue weighted by atomic mass is 16.3. The fourth-order valence-electron chi connectivity index (χ4n) is 6.97. The molecule has 0 aliphatic rings. The number of fused-ring (bicyclic) bond motifs is 5. The van der Waals surface area contributed by atoms with Gasteiger partial charge in [0, 0.05) is 44.5 Å². The zero-order chi connectivity index (χ0) is 34.4. The highest BCUT2D eigenvalue weighted by molar-refractivity contribution is 6.09. The fourth-order valence-corrected chi connectivity index (χ4v) is 6.97. The molecule has 3 heterocycles. The molecule has 0 amide bonds. The van der Waals surface area contributed by atoms with Crippen LogP contribution in [0.1, 0.15) is 0 Å². The van der Waals surface area contributed by atoms with Crippen LogP contribution >= 0.6 is 0 Å². The fraction of sp³-hybridized carbons (Fsp3) is 0. The number of furan rings is 1. The first-order valence-corrected chi connectivity index (χ1v) is 17.2. The summed E-state index contributed by atoms with van der Waals surface area (Å²) in [4.78, 5) is 21.3. The van der Waals surface area contributed by atoms with E-state index in [2.05, 4.69) is 118 Å². The van der Waals surface area contributed by atoms with E-state index in [-0.39, 0.29) is 0 Å². The number of hydrogen-bond acceptors (Lipinski definition) is 6. The summed E-state index contributed by atoms with van der Waals surface area (Å²) < 4.78 is 6.37. The zero-order valence-electron chi connectivity index (χ0n) is 27.9. The van der Waals surface area contributed by atoms with Crippen LogP contribution in [0.25, 0.3) is 77.6 Å². The Morgan fingerprint density at radius 1 is 0.385 bits per heavy atom. The molecular weight excluding hydrogens is 639 g/mol. The van der Waals surface area contributed by atoms with Crippen molar-refractivity contribution in [1.29, 1.82) is 0 Å². The van der Waals surface area contributed by atoms with Gasteiger partial charge >= 0.3 is 0 Å². The number of para-hydroxylation sites is 6. The Hall–Kier alpha value is -7.18. The van der Waals surface area contributed by atoms with Crippen molar-refractivity contribution in [2.45, 2.75) is 0 Å². The summed E-state index contributed by atoms with van der Waals surface area (Å²) in [6.45, 7) is 0. The monoisotopic (exact) mass is 667 g/mol. The van der Waals surface area contributed by atoms with Crippen LogP contribution in [0.2, 0.25) is 0 Å². The van der Waals surface area contributed by atoms with Crippen LogP contribution in [-0.4, -0.2) is 19.9 Å². The van der Waals surface area contributed by atoms with E-state index in [0.717, 1.165) is 94.7 Å². The summed E-state index contributed by atoms with van der Waals surface area (Å²) in [5, 5.41) is 2.24. The molecule has 6 nitrogen and oxygen atoms in total. The van der Waals surface area contributed by atoms with E-state index in [1.807, 2.05) is 73.1 Å². The molecule has 0 saturated heterocycles. The maximum Gasteiger partial charge on any atom is 0.143 e. The van der Waals surface area contributed by atoms with Crippen molar-refractivity contribution in [3.63, 3.8) is 0 Å². The van der Waals surface area contributed by atoms with Crippen molar-refractivity contribution in [3.8, 4) is 33.6 Å². The predicted octanol–water partition coefficient (Wildman–Crippen LogP) is 11.9. The van der Waals surface area contributed by atoms with E-state index in [0.29, 0.717) is 0 Å². The molecular formula is C46H29N5O. The number of aromatic nitrogens is 4. The largest absolute Gasteiger partial charge is 0.455 e. The van der Waals surface area contributed by atoms with Crippen LogP contribution in [0.4, 0.5) is 17.1 Å². The molecule has 3 aromatic heterocycles. The molecule has 244 valence electrons. The molecule has 0 aliphatic heterocycles. The van der Waals surface area contributed by atoms with Gasteiger partial charge < -0.3 is 9.32 Å². The molecule has 10 rings (SSSR count). The highest BCUT2D eigenvalue weighted by Crippen LogP contribution is 2.40. The summed E-state index contributed by atoms with van der Waals surface area (Å²) in [5.41, 5.74) is 14.2. The van der Waals surface area contributed by atoms with E-state index in [1.165, 1.54) is 0 Å². The Kier molecular flexibility index (Phi) is 7.03. The molecule has 0 aliphatic carbocycles.